The highest BCUT2D eigenvalue weighted by molar-refractivity contribution is 4.76. The fourth-order valence-corrected chi connectivity index (χ4v) is 6.90. The SMILES string of the molecule is CC.CC.CC.CC.CC.CC(C)C.CC(C)C.CC(C)C.CC(C)C.CC(C)N1CCCC1.CC(C)N1CCCCC1.CC(C)N1CCN(C(C)C)CC1.CC(C)N1CCN(C)CC1.CC(C)N1CCOCC1. The third-order valence-corrected chi connectivity index (χ3v) is 10.8. The predicted octanol–water partition coefficient (Wildman–Crippen LogP) is 17.9. The number of hydrogen-bond donors (Lipinski definition) is 0. The molecule has 0 aromatic heterocycles. The number of hydrogen-bond acceptors (Lipinski definition) is 8. The van der Waals surface area contributed by atoms with E-state index < -0.39 is 0 Å². The fourth-order valence-electron chi connectivity index (χ4n) is 6.90. The van der Waals surface area contributed by atoms with Crippen LogP contribution in [0, 0.1) is 23.7 Å². The summed E-state index contributed by atoms with van der Waals surface area (Å²) in [5.74, 6) is 3.33. The zero-order chi connectivity index (χ0) is 60.4. The second-order valence-corrected chi connectivity index (χ2v) is 23.4. The Bertz CT molecular complexity index is 818. The summed E-state index contributed by atoms with van der Waals surface area (Å²) in [6.45, 7) is 92.5. The maximum absolute atomic E-state index is 5.21. The molecule has 0 bridgehead atoms. The molecule has 5 aliphatic heterocycles. The zero-order valence-electron chi connectivity index (χ0n) is 59.2. The van der Waals surface area contributed by atoms with Crippen LogP contribution >= 0.6 is 0 Å². The molecule has 5 fully saturated rings. The smallest absolute Gasteiger partial charge is 0.0594 e. The summed E-state index contributed by atoms with van der Waals surface area (Å²) in [5, 5.41) is 0. The van der Waals surface area contributed by atoms with Gasteiger partial charge in [-0.25, -0.2) is 0 Å². The second kappa shape index (κ2) is 70.7. The van der Waals surface area contributed by atoms with E-state index in [1.165, 1.54) is 111 Å². The molecule has 0 amide bonds. The number of piperidine rings is 1. The average molecular weight is 1070 g/mol. The van der Waals surface area contributed by atoms with E-state index in [-0.39, 0.29) is 0 Å². The Morgan fingerprint density at radius 2 is 0.365 bits per heavy atom. The second-order valence-electron chi connectivity index (χ2n) is 23.4. The van der Waals surface area contributed by atoms with Crippen molar-refractivity contribution in [1.82, 2.24) is 34.3 Å². The molecule has 0 unspecified atom stereocenters. The highest BCUT2D eigenvalue weighted by Crippen LogP contribution is 2.12. The number of rotatable bonds is 6. The van der Waals surface area contributed by atoms with Crippen LogP contribution in [0.4, 0.5) is 0 Å². The molecule has 462 valence electrons. The van der Waals surface area contributed by atoms with Crippen LogP contribution in [-0.4, -0.2) is 182 Å². The Hall–Kier alpha value is -0.320. The van der Waals surface area contributed by atoms with Crippen molar-refractivity contribution in [3.05, 3.63) is 0 Å². The molecule has 0 aromatic carbocycles. The van der Waals surface area contributed by atoms with Gasteiger partial charge < -0.3 is 19.4 Å². The van der Waals surface area contributed by atoms with Gasteiger partial charge in [0.25, 0.3) is 0 Å². The number of ether oxygens (including phenoxy) is 1. The maximum Gasteiger partial charge on any atom is 0.0594 e. The lowest BCUT2D eigenvalue weighted by Gasteiger charge is -2.38. The number of likely N-dealkylation sites (tertiary alicyclic amines) is 2. The molecule has 0 radical (unpaired) electrons. The topological polar surface area (TPSA) is 31.9 Å². The van der Waals surface area contributed by atoms with Gasteiger partial charge in [0, 0.05) is 102 Å². The largest absolute Gasteiger partial charge is 0.379 e. The summed E-state index contributed by atoms with van der Waals surface area (Å²) in [7, 11) is 2.19. The van der Waals surface area contributed by atoms with Crippen molar-refractivity contribution < 1.29 is 4.74 Å². The van der Waals surface area contributed by atoms with Gasteiger partial charge in [0.2, 0.25) is 0 Å². The van der Waals surface area contributed by atoms with Crippen molar-refractivity contribution in [2.24, 2.45) is 23.7 Å². The lowest BCUT2D eigenvalue weighted by Crippen LogP contribution is -2.50. The van der Waals surface area contributed by atoms with Gasteiger partial charge in [-0.1, -0.05) is 159 Å². The molecule has 0 aliphatic carbocycles. The minimum atomic E-state index is 0.689. The molecule has 8 heteroatoms. The fraction of sp³-hybridized carbons (Fsp3) is 1.00. The van der Waals surface area contributed by atoms with E-state index in [9.17, 15) is 0 Å². The molecule has 0 aromatic rings. The molecule has 74 heavy (non-hydrogen) atoms. The Kier molecular flexibility index (Phi) is 88.9. The van der Waals surface area contributed by atoms with Gasteiger partial charge in [0.1, 0.15) is 0 Å². The molecule has 5 rings (SSSR count). The third kappa shape index (κ3) is 80.5. The van der Waals surface area contributed by atoms with Crippen molar-refractivity contribution in [1.29, 1.82) is 0 Å². The first-order valence-corrected chi connectivity index (χ1v) is 32.4. The van der Waals surface area contributed by atoms with Crippen LogP contribution in [0.15, 0.2) is 0 Å². The average Bonchev–Trinajstić information content (AvgIpc) is 3.92. The molecule has 0 N–H and O–H groups in total. The molecule has 0 spiro atoms. The van der Waals surface area contributed by atoms with Crippen molar-refractivity contribution in [2.75, 3.05) is 112 Å². The van der Waals surface area contributed by atoms with E-state index in [2.05, 4.69) is 208 Å². The van der Waals surface area contributed by atoms with Gasteiger partial charge in [0.05, 0.1) is 13.2 Å². The van der Waals surface area contributed by atoms with Crippen molar-refractivity contribution in [3.63, 3.8) is 0 Å². The summed E-state index contributed by atoms with van der Waals surface area (Å²) >= 11 is 0. The van der Waals surface area contributed by atoms with Crippen LogP contribution in [0.5, 0.6) is 0 Å². The normalized spacial score (nSPS) is 17.3. The maximum atomic E-state index is 5.21. The first kappa shape index (κ1) is 93.0. The Balaban J connectivity index is -0.0000000918. The first-order valence-electron chi connectivity index (χ1n) is 32.4. The summed E-state index contributed by atoms with van der Waals surface area (Å²) in [4.78, 5) is 17.5. The molecule has 5 aliphatic rings. The van der Waals surface area contributed by atoms with E-state index in [4.69, 9.17) is 4.74 Å². The van der Waals surface area contributed by atoms with Gasteiger partial charge in [-0.05, 0) is 166 Å². The van der Waals surface area contributed by atoms with Crippen LogP contribution in [-0.2, 0) is 4.74 Å². The number of piperazine rings is 2. The third-order valence-electron chi connectivity index (χ3n) is 10.8. The molecule has 5 heterocycles. The van der Waals surface area contributed by atoms with Crippen LogP contribution in [0.1, 0.15) is 268 Å². The Labute approximate surface area is 476 Å². The van der Waals surface area contributed by atoms with Gasteiger partial charge in [-0.15, -0.1) is 0 Å². The van der Waals surface area contributed by atoms with Crippen molar-refractivity contribution in [2.45, 2.75) is 304 Å². The number of nitrogens with zero attached hydrogens (tertiary/aromatic N) is 7. The van der Waals surface area contributed by atoms with Gasteiger partial charge >= 0.3 is 0 Å². The summed E-state index contributed by atoms with van der Waals surface area (Å²) < 4.78 is 5.21. The summed E-state index contributed by atoms with van der Waals surface area (Å²) in [6.07, 6.45) is 7.11. The molecule has 5 saturated heterocycles. The van der Waals surface area contributed by atoms with Gasteiger partial charge in [-0.2, -0.15) is 0 Å². The standard InChI is InChI=1S/C10H22N2.C8H18N2.C8H17N.C7H15NO.C7H15N.4C4H10.5C2H6/c1-9(2)11-5-7-12(8-6-11)10(3)4;1-8(2)10-6-4-9(3)5-7-10;1-8(2)9-6-4-3-5-7-9;1-7(2)8-3-5-9-6-4-8;1-7(2)8-5-3-4-6-8;4*1-4(2)3;5*1-2/h9-10H,5-8H2,1-4H3;8H,4-7H2,1-3H3;8H,3-7H2,1-2H3;7H,3-6H2,1-2H3;7H,3-6H2,1-2H3;4*4H,1-3H3;5*1-2H3. The van der Waals surface area contributed by atoms with E-state index in [1.807, 2.05) is 69.2 Å². The van der Waals surface area contributed by atoms with E-state index in [1.54, 1.807) is 0 Å². The predicted molar refractivity (Wildman–Crippen MR) is 350 cm³/mol. The highest BCUT2D eigenvalue weighted by atomic mass is 16.5. The van der Waals surface area contributed by atoms with E-state index in [0.717, 1.165) is 80.2 Å². The lowest BCUT2D eigenvalue weighted by atomic mass is 10.1. The highest BCUT2D eigenvalue weighted by Gasteiger charge is 2.20. The molecule has 0 saturated carbocycles. The summed E-state index contributed by atoms with van der Waals surface area (Å²) in [6, 6.07) is 4.41. The van der Waals surface area contributed by atoms with E-state index in [0.29, 0.717) is 6.04 Å². The van der Waals surface area contributed by atoms with Crippen molar-refractivity contribution >= 4 is 0 Å². The Morgan fingerprint density at radius 3 is 0.527 bits per heavy atom. The minimum absolute atomic E-state index is 0.689. The lowest BCUT2D eigenvalue weighted by molar-refractivity contribution is 0.0238. The zero-order valence-corrected chi connectivity index (χ0v) is 59.2. The van der Waals surface area contributed by atoms with Crippen LogP contribution in [0.2, 0.25) is 0 Å². The van der Waals surface area contributed by atoms with Crippen LogP contribution < -0.4 is 0 Å². The first-order chi connectivity index (χ1) is 34.6. The minimum Gasteiger partial charge on any atom is -0.379 e. The van der Waals surface area contributed by atoms with Crippen molar-refractivity contribution in [3.8, 4) is 0 Å². The van der Waals surface area contributed by atoms with Crippen LogP contribution in [0.3, 0.4) is 0 Å². The van der Waals surface area contributed by atoms with E-state index >= 15 is 0 Å². The summed E-state index contributed by atoms with van der Waals surface area (Å²) in [5.41, 5.74) is 0. The quantitative estimate of drug-likeness (QED) is 0.260. The monoisotopic (exact) mass is 1060 g/mol. The number of likely N-dealkylation sites (N-methyl/N-ethyl adjacent to an activating group) is 1. The Morgan fingerprint density at radius 1 is 0.216 bits per heavy atom. The van der Waals surface area contributed by atoms with Gasteiger partial charge in [-0.3, -0.25) is 19.6 Å². The van der Waals surface area contributed by atoms with Crippen LogP contribution in [0.25, 0.3) is 0 Å². The molecular formula is C66H157N7O. The number of morpholine rings is 1. The van der Waals surface area contributed by atoms with Gasteiger partial charge in [0.15, 0.2) is 0 Å². The molecule has 0 atom stereocenters. The molecular weight excluding hydrogens is 907 g/mol. The molecule has 8 nitrogen and oxygen atoms in total.